The molecule has 4 bridgehead atoms. The average molecular weight is 544 g/mol. The molecular weight excluding hydrogens is 517 g/mol. The number of halogens is 1. The molecule has 12 heteroatoms. The van der Waals surface area contributed by atoms with Gasteiger partial charge in [-0.05, 0) is 42.9 Å². The zero-order valence-corrected chi connectivity index (χ0v) is 21.8. The largest absolute Gasteiger partial charge is 0.481 e. The van der Waals surface area contributed by atoms with E-state index in [4.69, 9.17) is 0 Å². The van der Waals surface area contributed by atoms with E-state index in [1.165, 1.54) is 4.68 Å². The fraction of sp³-hybridized carbons (Fsp3) is 0.321. The van der Waals surface area contributed by atoms with Gasteiger partial charge in [-0.2, -0.15) is 4.39 Å². The molecule has 5 heterocycles. The maximum absolute atomic E-state index is 15.1. The predicted molar refractivity (Wildman–Crippen MR) is 144 cm³/mol. The van der Waals surface area contributed by atoms with Crippen molar-refractivity contribution >= 4 is 33.9 Å². The van der Waals surface area contributed by atoms with Gasteiger partial charge in [0.25, 0.3) is 5.91 Å². The quantitative estimate of drug-likeness (QED) is 0.312. The number of aromatic amines is 1. The highest BCUT2D eigenvalue weighted by atomic mass is 19.1. The fourth-order valence-electron chi connectivity index (χ4n) is 6.61. The highest BCUT2D eigenvalue weighted by molar-refractivity contribution is 6.14. The van der Waals surface area contributed by atoms with Crippen molar-refractivity contribution in [3.8, 4) is 22.4 Å². The molecule has 0 spiro atoms. The fourth-order valence-corrected chi connectivity index (χ4v) is 6.61. The van der Waals surface area contributed by atoms with E-state index in [1.807, 2.05) is 6.07 Å². The highest BCUT2D eigenvalue weighted by Gasteiger charge is 2.38. The summed E-state index contributed by atoms with van der Waals surface area (Å²) in [5.74, 6) is -3.04. The summed E-state index contributed by atoms with van der Waals surface area (Å²) >= 11 is 0. The highest BCUT2D eigenvalue weighted by Crippen LogP contribution is 2.45. The van der Waals surface area contributed by atoms with E-state index in [1.54, 1.807) is 53.8 Å². The number of carboxylic acids is 1. The van der Waals surface area contributed by atoms with Gasteiger partial charge in [-0.25, -0.2) is 9.78 Å². The first kappa shape index (κ1) is 24.3. The molecule has 1 saturated carbocycles. The van der Waals surface area contributed by atoms with E-state index in [2.05, 4.69) is 20.4 Å². The summed E-state index contributed by atoms with van der Waals surface area (Å²) in [6.45, 7) is -0.0179. The number of fused-ring (bicyclic) bond motifs is 6. The van der Waals surface area contributed by atoms with Gasteiger partial charge in [0, 0.05) is 44.0 Å². The minimum atomic E-state index is -0.972. The van der Waals surface area contributed by atoms with E-state index in [0.29, 0.717) is 63.7 Å². The van der Waals surface area contributed by atoms with Crippen molar-refractivity contribution in [3.63, 3.8) is 0 Å². The number of aromatic nitrogens is 6. The van der Waals surface area contributed by atoms with Gasteiger partial charge in [0.15, 0.2) is 0 Å². The first-order chi connectivity index (χ1) is 19.2. The number of nitrogens with zero attached hydrogens (tertiary/aromatic N) is 5. The Kier molecular flexibility index (Phi) is 5.25. The third-order valence-corrected chi connectivity index (χ3v) is 8.52. The minimum absolute atomic E-state index is 0.0179. The van der Waals surface area contributed by atoms with Gasteiger partial charge in [-0.3, -0.25) is 23.4 Å². The van der Waals surface area contributed by atoms with Gasteiger partial charge in [0.05, 0.1) is 39.8 Å². The van der Waals surface area contributed by atoms with Gasteiger partial charge in [0.1, 0.15) is 5.65 Å². The lowest BCUT2D eigenvalue weighted by Gasteiger charge is -2.21. The van der Waals surface area contributed by atoms with Gasteiger partial charge < -0.3 is 15.4 Å². The number of rotatable bonds is 2. The SMILES string of the molecule is Cn1cc(-c2[nH]c3ncc4c5c3c2-c2cccc(c2)C(=O)NCC(C(=O)O)[C@@H]2CC[C@H](C2)n5c(=O)n4C)c(F)n1. The molecule has 7 rings (SSSR count). The Hall–Kier alpha value is -4.74. The Morgan fingerprint density at radius 3 is 2.73 bits per heavy atom. The van der Waals surface area contributed by atoms with Crippen LogP contribution in [0.15, 0.2) is 41.5 Å². The summed E-state index contributed by atoms with van der Waals surface area (Å²) in [5, 5.41) is 17.3. The summed E-state index contributed by atoms with van der Waals surface area (Å²) in [5.41, 5.74) is 3.70. The lowest BCUT2D eigenvalue weighted by Crippen LogP contribution is -2.36. The predicted octanol–water partition coefficient (Wildman–Crippen LogP) is 3.21. The number of aryl methyl sites for hydroxylation is 2. The molecule has 204 valence electrons. The number of amides is 1. The molecule has 1 fully saturated rings. The molecule has 0 radical (unpaired) electrons. The van der Waals surface area contributed by atoms with Crippen LogP contribution in [0.5, 0.6) is 0 Å². The molecule has 1 aliphatic heterocycles. The van der Waals surface area contributed by atoms with Crippen molar-refractivity contribution < 1.29 is 19.1 Å². The van der Waals surface area contributed by atoms with Gasteiger partial charge >= 0.3 is 11.7 Å². The summed E-state index contributed by atoms with van der Waals surface area (Å²) in [7, 11) is 3.32. The topological polar surface area (TPSA) is 140 Å². The van der Waals surface area contributed by atoms with Crippen LogP contribution in [0.25, 0.3) is 44.5 Å². The number of imidazole rings is 1. The van der Waals surface area contributed by atoms with Crippen molar-refractivity contribution in [3.05, 3.63) is 58.7 Å². The Balaban J connectivity index is 1.62. The zero-order chi connectivity index (χ0) is 27.9. The molecule has 4 aromatic heterocycles. The Morgan fingerprint density at radius 2 is 1.98 bits per heavy atom. The number of carbonyl (C=O) groups excluding carboxylic acids is 1. The van der Waals surface area contributed by atoms with E-state index in [0.717, 1.165) is 0 Å². The number of nitrogens with one attached hydrogen (secondary N) is 2. The maximum atomic E-state index is 15.1. The average Bonchev–Trinajstić information content (AvgIpc) is 3.68. The molecule has 3 N–H and O–H groups in total. The van der Waals surface area contributed by atoms with E-state index in [9.17, 15) is 19.5 Å². The second-order valence-corrected chi connectivity index (χ2v) is 10.8. The molecule has 5 aromatic rings. The number of hydrogen-bond acceptors (Lipinski definition) is 5. The Bertz CT molecular complexity index is 1930. The van der Waals surface area contributed by atoms with Crippen molar-refractivity contribution in [2.75, 3.05) is 6.54 Å². The summed E-state index contributed by atoms with van der Waals surface area (Å²) in [6, 6.07) is 6.63. The van der Waals surface area contributed by atoms with E-state index >= 15 is 4.39 Å². The number of aliphatic carboxylic acids is 1. The van der Waals surface area contributed by atoms with Crippen LogP contribution in [0, 0.1) is 17.8 Å². The number of H-pyrrole nitrogens is 1. The van der Waals surface area contributed by atoms with Crippen molar-refractivity contribution in [1.29, 1.82) is 0 Å². The van der Waals surface area contributed by atoms with Crippen molar-refractivity contribution in [2.24, 2.45) is 25.9 Å². The van der Waals surface area contributed by atoms with E-state index in [-0.39, 0.29) is 29.8 Å². The van der Waals surface area contributed by atoms with Crippen LogP contribution in [-0.2, 0) is 18.9 Å². The van der Waals surface area contributed by atoms with Crippen molar-refractivity contribution in [1.82, 2.24) is 34.2 Å². The van der Waals surface area contributed by atoms with Crippen LogP contribution in [-0.4, -0.2) is 52.4 Å². The van der Waals surface area contributed by atoms with Crippen LogP contribution in [0.4, 0.5) is 4.39 Å². The monoisotopic (exact) mass is 543 g/mol. The van der Waals surface area contributed by atoms with Gasteiger partial charge in [0.2, 0.25) is 5.95 Å². The molecule has 1 aromatic carbocycles. The standard InChI is InChI=1S/C28H26FN7O4/c1-34-12-18(24(29)33-34)22-20-14-4-3-5-15(8-14)26(37)31-10-17(27(38)39)13-6-7-16(9-13)36-23-19(35(2)28(36)40)11-30-25(32-22)21(20)23/h3-5,8,11-13,16-17H,6-7,9-10H2,1-2H3,(H,30,32)(H,31,37)(H,38,39)/t13-,16-,17?/m1/s1. The van der Waals surface area contributed by atoms with Gasteiger partial charge in [-0.1, -0.05) is 12.1 Å². The van der Waals surface area contributed by atoms with E-state index < -0.39 is 23.7 Å². The Labute approximate surface area is 226 Å². The first-order valence-electron chi connectivity index (χ1n) is 13.2. The van der Waals surface area contributed by atoms with Crippen LogP contribution >= 0.6 is 0 Å². The molecule has 40 heavy (non-hydrogen) atoms. The number of pyridine rings is 1. The third kappa shape index (κ3) is 3.44. The Morgan fingerprint density at radius 1 is 1.18 bits per heavy atom. The second kappa shape index (κ2) is 8.63. The smallest absolute Gasteiger partial charge is 0.329 e. The molecule has 0 saturated heterocycles. The number of hydrogen-bond donors (Lipinski definition) is 3. The van der Waals surface area contributed by atoms with Crippen molar-refractivity contribution in [2.45, 2.75) is 25.3 Å². The lowest BCUT2D eigenvalue weighted by atomic mass is 9.90. The van der Waals surface area contributed by atoms with Crippen LogP contribution in [0.2, 0.25) is 0 Å². The van der Waals surface area contributed by atoms with Crippen LogP contribution in [0.1, 0.15) is 35.7 Å². The normalized spacial score (nSPS) is 20.8. The number of benzene rings is 1. The summed E-state index contributed by atoms with van der Waals surface area (Å²) < 4.78 is 19.8. The molecule has 1 unspecified atom stereocenters. The molecule has 1 aliphatic carbocycles. The molecule has 11 nitrogen and oxygen atoms in total. The maximum Gasteiger partial charge on any atom is 0.329 e. The lowest BCUT2D eigenvalue weighted by molar-refractivity contribution is -0.143. The molecule has 3 atom stereocenters. The summed E-state index contributed by atoms with van der Waals surface area (Å²) in [6.07, 6.45) is 4.89. The van der Waals surface area contributed by atoms with Crippen LogP contribution in [0.3, 0.4) is 0 Å². The van der Waals surface area contributed by atoms with Gasteiger partial charge in [-0.15, -0.1) is 5.10 Å². The second-order valence-electron chi connectivity index (χ2n) is 10.8. The minimum Gasteiger partial charge on any atom is -0.481 e. The number of carbonyl (C=O) groups is 2. The summed E-state index contributed by atoms with van der Waals surface area (Å²) in [4.78, 5) is 47.1. The molecule has 1 amide bonds. The van der Waals surface area contributed by atoms with Crippen LogP contribution < -0.4 is 11.0 Å². The number of carboxylic acid groups (broad SMARTS) is 1. The third-order valence-electron chi connectivity index (χ3n) is 8.52. The molecular formula is C28H26FN7O4. The molecule has 2 aliphatic rings. The zero-order valence-electron chi connectivity index (χ0n) is 21.8. The first-order valence-corrected chi connectivity index (χ1v) is 13.2.